The van der Waals surface area contributed by atoms with Crippen LogP contribution >= 0.6 is 0 Å². The zero-order chi connectivity index (χ0) is 13.2. The van der Waals surface area contributed by atoms with Crippen LogP contribution < -0.4 is 0 Å². The summed E-state index contributed by atoms with van der Waals surface area (Å²) in [5, 5.41) is 9.16. The Bertz CT molecular complexity index is 495. The molecule has 0 bridgehead atoms. The predicted molar refractivity (Wildman–Crippen MR) is 66.0 cm³/mol. The van der Waals surface area contributed by atoms with Crippen LogP contribution in [0.3, 0.4) is 0 Å². The number of carbonyl (C=O) groups excluding carboxylic acids is 1. The minimum Gasteiger partial charge on any atom is -0.481 e. The van der Waals surface area contributed by atoms with E-state index in [9.17, 15) is 9.59 Å². The molecule has 0 radical (unpaired) electrons. The van der Waals surface area contributed by atoms with Crippen LogP contribution in [0.15, 0.2) is 30.3 Å². The molecule has 0 heterocycles. The minimum atomic E-state index is -0.764. The molecule has 1 aliphatic carbocycles. The molecule has 0 atom stereocenters. The average Bonchev–Trinajstić information content (AvgIpc) is 3.18. The van der Waals surface area contributed by atoms with E-state index in [0.717, 1.165) is 11.1 Å². The van der Waals surface area contributed by atoms with Crippen molar-refractivity contribution >= 4 is 18.0 Å². The smallest absolute Gasteiger partial charge is 0.330 e. The molecule has 18 heavy (non-hydrogen) atoms. The lowest BCUT2D eigenvalue weighted by Crippen LogP contribution is -2.19. The molecular formula is C14H14O4. The second-order valence-corrected chi connectivity index (χ2v) is 4.37. The van der Waals surface area contributed by atoms with Crippen LogP contribution in [-0.2, 0) is 19.7 Å². The monoisotopic (exact) mass is 246 g/mol. The number of ether oxygens (including phenoxy) is 1. The summed E-state index contributed by atoms with van der Waals surface area (Å²) in [5.74, 6) is -1.18. The Morgan fingerprint density at radius 1 is 1.28 bits per heavy atom. The summed E-state index contributed by atoms with van der Waals surface area (Å²) in [6.45, 7) is 0. The quantitative estimate of drug-likeness (QED) is 0.651. The molecule has 0 spiro atoms. The summed E-state index contributed by atoms with van der Waals surface area (Å²) in [7, 11) is 1.32. The zero-order valence-corrected chi connectivity index (χ0v) is 10.1. The first-order chi connectivity index (χ1) is 8.58. The summed E-state index contributed by atoms with van der Waals surface area (Å²) >= 11 is 0. The topological polar surface area (TPSA) is 63.6 Å². The van der Waals surface area contributed by atoms with Crippen molar-refractivity contribution in [3.05, 3.63) is 41.5 Å². The summed E-state index contributed by atoms with van der Waals surface area (Å²) < 4.78 is 4.49. The van der Waals surface area contributed by atoms with Crippen LogP contribution in [0.2, 0.25) is 0 Å². The Morgan fingerprint density at radius 2 is 1.89 bits per heavy atom. The normalized spacial score (nSPS) is 16.5. The molecule has 4 heteroatoms. The fourth-order valence-electron chi connectivity index (χ4n) is 1.90. The minimum absolute atomic E-state index is 0.414. The number of aliphatic carboxylic acids is 1. The molecule has 1 aliphatic rings. The number of esters is 1. The van der Waals surface area contributed by atoms with Crippen molar-refractivity contribution in [2.24, 2.45) is 0 Å². The molecular weight excluding hydrogens is 232 g/mol. The van der Waals surface area contributed by atoms with Gasteiger partial charge in [-0.2, -0.15) is 0 Å². The Kier molecular flexibility index (Phi) is 3.19. The summed E-state index contributed by atoms with van der Waals surface area (Å²) in [6.07, 6.45) is 4.36. The van der Waals surface area contributed by atoms with Crippen molar-refractivity contribution in [1.82, 2.24) is 0 Å². The van der Waals surface area contributed by atoms with Gasteiger partial charge in [-0.15, -0.1) is 0 Å². The lowest BCUT2D eigenvalue weighted by atomic mass is 9.95. The van der Waals surface area contributed by atoms with Crippen LogP contribution in [0.25, 0.3) is 6.08 Å². The van der Waals surface area contributed by atoms with Gasteiger partial charge in [-0.3, -0.25) is 4.79 Å². The van der Waals surface area contributed by atoms with Crippen molar-refractivity contribution in [3.63, 3.8) is 0 Å². The van der Waals surface area contributed by atoms with Gasteiger partial charge in [0.15, 0.2) is 0 Å². The van der Waals surface area contributed by atoms with Crippen molar-refractivity contribution in [1.29, 1.82) is 0 Å². The molecule has 0 aromatic heterocycles. The fourth-order valence-corrected chi connectivity index (χ4v) is 1.90. The molecule has 1 N–H and O–H groups in total. The van der Waals surface area contributed by atoms with Gasteiger partial charge >= 0.3 is 11.9 Å². The second kappa shape index (κ2) is 4.64. The first-order valence-corrected chi connectivity index (χ1v) is 5.68. The van der Waals surface area contributed by atoms with Gasteiger partial charge in [0.05, 0.1) is 12.5 Å². The number of methoxy groups -OCH3 is 1. The predicted octanol–water partition coefficient (Wildman–Crippen LogP) is 1.99. The number of hydrogen-bond acceptors (Lipinski definition) is 3. The molecule has 0 amide bonds. The van der Waals surface area contributed by atoms with E-state index in [-0.39, 0.29) is 0 Å². The Labute approximate surface area is 105 Å². The van der Waals surface area contributed by atoms with Crippen molar-refractivity contribution < 1.29 is 19.4 Å². The highest BCUT2D eigenvalue weighted by atomic mass is 16.5. The summed E-state index contributed by atoms with van der Waals surface area (Å²) in [4.78, 5) is 22.1. The van der Waals surface area contributed by atoms with Gasteiger partial charge in [0.25, 0.3) is 0 Å². The van der Waals surface area contributed by atoms with Crippen LogP contribution in [0.5, 0.6) is 0 Å². The molecule has 0 saturated heterocycles. The highest BCUT2D eigenvalue weighted by Crippen LogP contribution is 2.48. The van der Waals surface area contributed by atoms with E-state index in [4.69, 9.17) is 5.11 Å². The number of carboxylic acids is 1. The fraction of sp³-hybridized carbons (Fsp3) is 0.286. The van der Waals surface area contributed by atoms with E-state index in [1.165, 1.54) is 13.2 Å². The SMILES string of the molecule is COC(=O)C=Cc1ccc(C2(C(=O)O)CC2)cc1. The Balaban J connectivity index is 2.14. The second-order valence-electron chi connectivity index (χ2n) is 4.37. The number of hydrogen-bond donors (Lipinski definition) is 1. The highest BCUT2D eigenvalue weighted by Gasteiger charge is 2.51. The summed E-state index contributed by atoms with van der Waals surface area (Å²) in [5.41, 5.74) is 0.987. The maximum atomic E-state index is 11.1. The van der Waals surface area contributed by atoms with Crippen molar-refractivity contribution in [3.8, 4) is 0 Å². The van der Waals surface area contributed by atoms with Crippen LogP contribution in [-0.4, -0.2) is 24.2 Å². The van der Waals surface area contributed by atoms with Crippen molar-refractivity contribution in [2.45, 2.75) is 18.3 Å². The third-order valence-electron chi connectivity index (χ3n) is 3.24. The number of carbonyl (C=O) groups is 2. The zero-order valence-electron chi connectivity index (χ0n) is 10.1. The molecule has 4 nitrogen and oxygen atoms in total. The summed E-state index contributed by atoms with van der Waals surface area (Å²) in [6, 6.07) is 7.21. The van der Waals surface area contributed by atoms with Gasteiger partial charge in [0.2, 0.25) is 0 Å². The van der Waals surface area contributed by atoms with E-state index in [0.29, 0.717) is 12.8 Å². The van der Waals surface area contributed by atoms with Crippen LogP contribution in [0, 0.1) is 0 Å². The number of rotatable bonds is 4. The molecule has 2 rings (SSSR count). The van der Waals surface area contributed by atoms with Gasteiger partial charge in [-0.05, 0) is 30.0 Å². The van der Waals surface area contributed by atoms with Crippen LogP contribution in [0.4, 0.5) is 0 Å². The molecule has 0 unspecified atom stereocenters. The Hall–Kier alpha value is -2.10. The van der Waals surface area contributed by atoms with E-state index >= 15 is 0 Å². The lowest BCUT2D eigenvalue weighted by molar-refractivity contribution is -0.140. The van der Waals surface area contributed by atoms with Gasteiger partial charge in [-0.25, -0.2) is 4.79 Å². The number of carboxylic acid groups (broad SMARTS) is 1. The van der Waals surface area contributed by atoms with E-state index in [1.54, 1.807) is 30.3 Å². The standard InChI is InChI=1S/C14H14O4/c1-18-12(15)7-4-10-2-5-11(6-3-10)14(8-9-14)13(16)17/h2-7H,8-9H2,1H3,(H,16,17). The first kappa shape index (κ1) is 12.4. The van der Waals surface area contributed by atoms with Gasteiger partial charge in [0, 0.05) is 6.08 Å². The van der Waals surface area contributed by atoms with Gasteiger partial charge in [-0.1, -0.05) is 24.3 Å². The van der Waals surface area contributed by atoms with E-state index in [2.05, 4.69) is 4.74 Å². The average molecular weight is 246 g/mol. The number of benzene rings is 1. The van der Waals surface area contributed by atoms with E-state index < -0.39 is 17.4 Å². The molecule has 94 valence electrons. The maximum Gasteiger partial charge on any atom is 0.330 e. The third-order valence-corrected chi connectivity index (χ3v) is 3.24. The van der Waals surface area contributed by atoms with E-state index in [1.807, 2.05) is 0 Å². The molecule has 1 aromatic carbocycles. The maximum absolute atomic E-state index is 11.1. The lowest BCUT2D eigenvalue weighted by Gasteiger charge is -2.09. The van der Waals surface area contributed by atoms with Crippen molar-refractivity contribution in [2.75, 3.05) is 7.11 Å². The third kappa shape index (κ3) is 2.27. The molecule has 1 aromatic rings. The Morgan fingerprint density at radius 3 is 2.33 bits per heavy atom. The molecule has 1 fully saturated rings. The van der Waals surface area contributed by atoms with Crippen LogP contribution in [0.1, 0.15) is 24.0 Å². The van der Waals surface area contributed by atoms with Gasteiger partial charge in [0.1, 0.15) is 0 Å². The molecule has 0 aliphatic heterocycles. The van der Waals surface area contributed by atoms with Gasteiger partial charge < -0.3 is 9.84 Å². The highest BCUT2D eigenvalue weighted by molar-refractivity contribution is 5.87. The largest absolute Gasteiger partial charge is 0.481 e. The first-order valence-electron chi connectivity index (χ1n) is 5.68. The molecule has 1 saturated carbocycles.